The van der Waals surface area contributed by atoms with Gasteiger partial charge in [-0.2, -0.15) is 0 Å². The summed E-state index contributed by atoms with van der Waals surface area (Å²) in [5, 5.41) is 8.73. The van der Waals surface area contributed by atoms with Crippen LogP contribution in [0, 0.1) is 0 Å². The minimum Gasteiger partial charge on any atom is -0.309 e. The summed E-state index contributed by atoms with van der Waals surface area (Å²) in [7, 11) is 0. The number of nitrogens with zero attached hydrogens (tertiary/aromatic N) is 5. The molecule has 6 heteroatoms. The highest BCUT2D eigenvalue weighted by Gasteiger charge is 2.24. The Balaban J connectivity index is 1.07. The Morgan fingerprint density at radius 1 is 0.362 bits per heavy atom. The van der Waals surface area contributed by atoms with Crippen LogP contribution >= 0.6 is 11.3 Å². The molecule has 5 nitrogen and oxygen atoms in total. The maximum absolute atomic E-state index is 5.24. The fraction of sp³-hybridized carbons (Fsp3) is 0.0317. The molecule has 0 radical (unpaired) electrons. The molecule has 0 fully saturated rings. The van der Waals surface area contributed by atoms with Gasteiger partial charge >= 0.3 is 0 Å². The van der Waals surface area contributed by atoms with Crippen molar-refractivity contribution < 1.29 is 0 Å². The molecule has 0 saturated heterocycles. The lowest BCUT2D eigenvalue weighted by atomic mass is 9.91. The SMILES string of the molecule is C1=c2c(n(-c3ccccc3-c3nc(-c4ccccc4)nc(-c4ccccc4)n3)c3cccc(-c4cc(-c5cccc6sc7ccccc7c56)cc5c4c4ccccc4n5-c4ccccc4)c23)=CCC1. The third kappa shape index (κ3) is 6.33. The van der Waals surface area contributed by atoms with Crippen LogP contribution in [0.25, 0.3) is 133 Å². The molecule has 0 amide bonds. The van der Waals surface area contributed by atoms with Crippen molar-refractivity contribution in [1.82, 2.24) is 24.1 Å². The van der Waals surface area contributed by atoms with Crippen molar-refractivity contribution in [3.63, 3.8) is 0 Å². The first-order valence-electron chi connectivity index (χ1n) is 23.6. The summed E-state index contributed by atoms with van der Waals surface area (Å²) in [5.74, 6) is 1.91. The van der Waals surface area contributed by atoms with Crippen molar-refractivity contribution in [3.8, 4) is 67.8 Å². The van der Waals surface area contributed by atoms with Gasteiger partial charge < -0.3 is 9.13 Å². The standard InChI is InChI=1S/C63H41N5S/c1-4-20-40(21-5-1)61-64-62(41-22-6-2-7-23-41)66-63(65-61)48-28-12-16-34-53(48)68-52-33-15-11-27-47(52)58-45(31-18-35-54(58)68)50-38-42(44-30-19-37-57-60(44)49-29-13-17-36-56(49)69-57)39-55-59(50)46-26-10-14-32-51(46)67(55)43-24-8-3-9-25-43/h1-10,12-14,16-39H,11,15H2. The molecule has 1 aliphatic carbocycles. The highest BCUT2D eigenvalue weighted by molar-refractivity contribution is 7.25. The average Bonchev–Trinajstić information content (AvgIpc) is 4.09. The Hall–Kier alpha value is -8.71. The minimum absolute atomic E-state index is 0.628. The molecule has 0 saturated carbocycles. The van der Waals surface area contributed by atoms with Gasteiger partial charge in [0.1, 0.15) is 0 Å². The van der Waals surface area contributed by atoms with E-state index in [1.807, 2.05) is 47.7 Å². The quantitative estimate of drug-likeness (QED) is 0.160. The number of hydrogen-bond donors (Lipinski definition) is 0. The smallest absolute Gasteiger partial charge is 0.166 e. The Kier molecular flexibility index (Phi) is 9.14. The van der Waals surface area contributed by atoms with Crippen LogP contribution in [0.1, 0.15) is 12.8 Å². The molecule has 0 atom stereocenters. The first-order chi connectivity index (χ1) is 34.2. The Morgan fingerprint density at radius 3 is 1.75 bits per heavy atom. The van der Waals surface area contributed by atoms with E-state index >= 15 is 0 Å². The van der Waals surface area contributed by atoms with E-state index in [0.29, 0.717) is 17.5 Å². The number of rotatable bonds is 7. The average molecular weight is 900 g/mol. The lowest BCUT2D eigenvalue weighted by Gasteiger charge is -2.15. The Bertz CT molecular complexity index is 4240. The van der Waals surface area contributed by atoms with E-state index < -0.39 is 0 Å². The van der Waals surface area contributed by atoms with Gasteiger partial charge in [-0.15, -0.1) is 11.3 Å². The van der Waals surface area contributed by atoms with E-state index in [1.165, 1.54) is 80.2 Å². The number of fused-ring (bicyclic) bond motifs is 9. The highest BCUT2D eigenvalue weighted by atomic mass is 32.1. The largest absolute Gasteiger partial charge is 0.309 e. The zero-order chi connectivity index (χ0) is 45.4. The molecule has 13 aromatic rings. The van der Waals surface area contributed by atoms with Gasteiger partial charge in [0.25, 0.3) is 0 Å². The van der Waals surface area contributed by atoms with Gasteiger partial charge in [0.15, 0.2) is 17.5 Å². The molecule has 4 aromatic heterocycles. The van der Waals surface area contributed by atoms with Crippen molar-refractivity contribution in [2.24, 2.45) is 0 Å². The monoisotopic (exact) mass is 899 g/mol. The molecule has 14 rings (SSSR count). The van der Waals surface area contributed by atoms with Crippen molar-refractivity contribution in [3.05, 3.63) is 223 Å². The van der Waals surface area contributed by atoms with Gasteiger partial charge in [-0.1, -0.05) is 164 Å². The second-order valence-corrected chi connectivity index (χ2v) is 18.8. The van der Waals surface area contributed by atoms with Gasteiger partial charge in [-0.3, -0.25) is 0 Å². The molecule has 69 heavy (non-hydrogen) atoms. The molecular formula is C63H41N5S. The summed E-state index contributed by atoms with van der Waals surface area (Å²) in [5.41, 5.74) is 13.3. The van der Waals surface area contributed by atoms with Crippen molar-refractivity contribution >= 4 is 76.4 Å². The third-order valence-corrected chi connectivity index (χ3v) is 14.9. The van der Waals surface area contributed by atoms with E-state index in [2.05, 4.69) is 197 Å². The second-order valence-electron chi connectivity index (χ2n) is 17.8. The van der Waals surface area contributed by atoms with Crippen LogP contribution in [-0.4, -0.2) is 24.1 Å². The van der Waals surface area contributed by atoms with E-state index in [-0.39, 0.29) is 0 Å². The van der Waals surface area contributed by atoms with E-state index in [0.717, 1.165) is 46.4 Å². The number of para-hydroxylation sites is 3. The maximum Gasteiger partial charge on any atom is 0.166 e. The fourth-order valence-corrected chi connectivity index (χ4v) is 12.0. The van der Waals surface area contributed by atoms with Crippen LogP contribution in [-0.2, 0) is 0 Å². The molecule has 0 bridgehead atoms. The van der Waals surface area contributed by atoms with Gasteiger partial charge in [-0.05, 0) is 95.8 Å². The van der Waals surface area contributed by atoms with Crippen LogP contribution in [0.4, 0.5) is 0 Å². The summed E-state index contributed by atoms with van der Waals surface area (Å²) in [4.78, 5) is 15.5. The Labute approximate surface area is 401 Å². The molecule has 4 heterocycles. The van der Waals surface area contributed by atoms with Crippen molar-refractivity contribution in [1.29, 1.82) is 0 Å². The lowest BCUT2D eigenvalue weighted by molar-refractivity contribution is 1.01. The highest BCUT2D eigenvalue weighted by Crippen LogP contribution is 2.46. The first-order valence-corrected chi connectivity index (χ1v) is 24.4. The zero-order valence-electron chi connectivity index (χ0n) is 37.4. The summed E-state index contributed by atoms with van der Waals surface area (Å²) in [6.45, 7) is 0. The van der Waals surface area contributed by atoms with E-state index in [4.69, 9.17) is 15.0 Å². The van der Waals surface area contributed by atoms with Crippen LogP contribution < -0.4 is 10.6 Å². The van der Waals surface area contributed by atoms with Crippen molar-refractivity contribution in [2.45, 2.75) is 12.8 Å². The summed E-state index contributed by atoms with van der Waals surface area (Å²) >= 11 is 1.87. The van der Waals surface area contributed by atoms with Crippen LogP contribution in [0.15, 0.2) is 212 Å². The van der Waals surface area contributed by atoms with Gasteiger partial charge in [0.05, 0.1) is 22.2 Å². The van der Waals surface area contributed by atoms with Crippen LogP contribution in [0.3, 0.4) is 0 Å². The molecule has 0 spiro atoms. The fourth-order valence-electron chi connectivity index (χ4n) is 10.8. The number of hydrogen-bond acceptors (Lipinski definition) is 4. The van der Waals surface area contributed by atoms with Crippen molar-refractivity contribution in [2.75, 3.05) is 0 Å². The second kappa shape index (κ2) is 16.0. The maximum atomic E-state index is 5.24. The predicted octanol–water partition coefficient (Wildman–Crippen LogP) is 15.0. The van der Waals surface area contributed by atoms with Gasteiger partial charge in [-0.25, -0.2) is 15.0 Å². The Morgan fingerprint density at radius 2 is 0.957 bits per heavy atom. The van der Waals surface area contributed by atoms with Gasteiger partial charge in [0, 0.05) is 69.3 Å². The molecule has 0 unspecified atom stereocenters. The molecule has 9 aromatic carbocycles. The zero-order valence-corrected chi connectivity index (χ0v) is 38.2. The summed E-state index contributed by atoms with van der Waals surface area (Å²) in [6.07, 6.45) is 6.79. The molecule has 0 aliphatic heterocycles. The van der Waals surface area contributed by atoms with Gasteiger partial charge in [0.2, 0.25) is 0 Å². The minimum atomic E-state index is 0.628. The molecule has 1 aliphatic rings. The molecule has 0 N–H and O–H groups in total. The number of thiophene rings is 1. The lowest BCUT2D eigenvalue weighted by Crippen LogP contribution is -2.30. The summed E-state index contributed by atoms with van der Waals surface area (Å²) < 4.78 is 7.51. The topological polar surface area (TPSA) is 48.5 Å². The van der Waals surface area contributed by atoms with Crippen LogP contribution in [0.5, 0.6) is 0 Å². The van der Waals surface area contributed by atoms with E-state index in [1.54, 1.807) is 0 Å². The predicted molar refractivity (Wildman–Crippen MR) is 288 cm³/mol. The normalized spacial score (nSPS) is 12.5. The summed E-state index contributed by atoms with van der Waals surface area (Å²) in [6, 6.07) is 76.2. The number of benzene rings is 9. The third-order valence-electron chi connectivity index (χ3n) is 13.8. The van der Waals surface area contributed by atoms with E-state index in [9.17, 15) is 0 Å². The van der Waals surface area contributed by atoms with Crippen LogP contribution in [0.2, 0.25) is 0 Å². The molecular weight excluding hydrogens is 859 g/mol. The number of aromatic nitrogens is 5. The molecule has 324 valence electrons. The first kappa shape index (κ1) is 39.5.